The van der Waals surface area contributed by atoms with E-state index < -0.39 is 0 Å². The van der Waals surface area contributed by atoms with Crippen LogP contribution in [0.5, 0.6) is 0 Å². The highest BCUT2D eigenvalue weighted by Crippen LogP contribution is 2.21. The Bertz CT molecular complexity index is 597. The van der Waals surface area contributed by atoms with E-state index in [0.29, 0.717) is 16.0 Å². The van der Waals surface area contributed by atoms with Gasteiger partial charge in [0.05, 0.1) is 31.1 Å². The molecule has 0 radical (unpaired) electrons. The fourth-order valence-corrected chi connectivity index (χ4v) is 1.97. The van der Waals surface area contributed by atoms with Crippen molar-refractivity contribution < 1.29 is 5.11 Å². The van der Waals surface area contributed by atoms with E-state index in [2.05, 4.69) is 41.5 Å². The molecular weight excluding hydrogens is 316 g/mol. The maximum atomic E-state index is 11.9. The summed E-state index contributed by atoms with van der Waals surface area (Å²) in [5, 5.41) is 22.4. The Morgan fingerprint density at radius 3 is 3.05 bits per heavy atom. The van der Waals surface area contributed by atoms with Gasteiger partial charge in [0.15, 0.2) is 0 Å². The first-order valence-corrected chi connectivity index (χ1v) is 6.41. The van der Waals surface area contributed by atoms with Crippen LogP contribution in [0.25, 0.3) is 0 Å². The molecule has 19 heavy (non-hydrogen) atoms. The third kappa shape index (κ3) is 2.99. The van der Waals surface area contributed by atoms with Crippen LogP contribution >= 0.6 is 15.9 Å². The first kappa shape index (κ1) is 13.7. The van der Waals surface area contributed by atoms with Crippen molar-refractivity contribution in [1.29, 1.82) is 0 Å². The van der Waals surface area contributed by atoms with Crippen molar-refractivity contribution in [3.05, 3.63) is 33.2 Å². The maximum absolute atomic E-state index is 11.9. The van der Waals surface area contributed by atoms with Crippen molar-refractivity contribution in [3.8, 4) is 0 Å². The number of rotatable bonds is 5. The first-order valence-electron chi connectivity index (χ1n) is 5.61. The summed E-state index contributed by atoms with van der Waals surface area (Å²) in [6, 6.07) is -0.145. The lowest BCUT2D eigenvalue weighted by atomic mass is 10.3. The lowest BCUT2D eigenvalue weighted by molar-refractivity contribution is 0.266. The van der Waals surface area contributed by atoms with E-state index in [0.717, 1.165) is 0 Å². The summed E-state index contributed by atoms with van der Waals surface area (Å²) in [5.41, 5.74) is 0.256. The molecule has 9 heteroatoms. The van der Waals surface area contributed by atoms with Crippen molar-refractivity contribution in [2.24, 2.45) is 0 Å². The minimum Gasteiger partial charge on any atom is -0.394 e. The summed E-state index contributed by atoms with van der Waals surface area (Å²) in [5.74, 6) is 0.659. The summed E-state index contributed by atoms with van der Waals surface area (Å²) in [6.45, 7) is 1.90. The van der Waals surface area contributed by atoms with Crippen molar-refractivity contribution in [1.82, 2.24) is 25.0 Å². The Morgan fingerprint density at radius 2 is 2.42 bits per heavy atom. The summed E-state index contributed by atoms with van der Waals surface area (Å²) in [7, 11) is 0. The zero-order chi connectivity index (χ0) is 13.8. The predicted octanol–water partition coefficient (Wildman–Crippen LogP) is 0.289. The van der Waals surface area contributed by atoms with E-state index in [1.165, 1.54) is 17.2 Å². The number of aliphatic hydroxyl groups is 1. The molecule has 102 valence electrons. The third-order valence-electron chi connectivity index (χ3n) is 2.51. The first-order chi connectivity index (χ1) is 9.13. The molecule has 2 rings (SSSR count). The zero-order valence-electron chi connectivity index (χ0n) is 10.2. The predicted molar refractivity (Wildman–Crippen MR) is 71.7 cm³/mol. The van der Waals surface area contributed by atoms with E-state index in [1.54, 1.807) is 0 Å². The Labute approximate surface area is 117 Å². The van der Waals surface area contributed by atoms with Gasteiger partial charge in [-0.3, -0.25) is 9.89 Å². The number of anilines is 1. The Hall–Kier alpha value is -1.74. The van der Waals surface area contributed by atoms with Crippen LogP contribution in [0.1, 0.15) is 18.8 Å². The van der Waals surface area contributed by atoms with Crippen LogP contribution in [0.15, 0.2) is 21.8 Å². The molecule has 1 atom stereocenters. The Morgan fingerprint density at radius 1 is 1.63 bits per heavy atom. The fraction of sp³-hybridized carbons (Fsp3) is 0.400. The van der Waals surface area contributed by atoms with Gasteiger partial charge in [-0.1, -0.05) is 0 Å². The van der Waals surface area contributed by atoms with Gasteiger partial charge in [-0.05, 0) is 22.9 Å². The van der Waals surface area contributed by atoms with E-state index in [9.17, 15) is 4.79 Å². The SMILES string of the molecule is CC(Nc1cnn(CCO)c(=O)c1Br)c1ncn[nH]1. The molecule has 0 aliphatic carbocycles. The molecule has 0 saturated heterocycles. The van der Waals surface area contributed by atoms with E-state index in [4.69, 9.17) is 5.11 Å². The van der Waals surface area contributed by atoms with Crippen molar-refractivity contribution >= 4 is 21.6 Å². The van der Waals surface area contributed by atoms with Crippen LogP contribution < -0.4 is 10.9 Å². The zero-order valence-corrected chi connectivity index (χ0v) is 11.8. The molecule has 0 aromatic carbocycles. The van der Waals surface area contributed by atoms with Crippen LogP contribution in [-0.2, 0) is 6.54 Å². The number of hydrogen-bond donors (Lipinski definition) is 3. The lowest BCUT2D eigenvalue weighted by Crippen LogP contribution is -2.26. The second-order valence-electron chi connectivity index (χ2n) is 3.86. The van der Waals surface area contributed by atoms with Gasteiger partial charge in [0.1, 0.15) is 16.6 Å². The maximum Gasteiger partial charge on any atom is 0.283 e. The second kappa shape index (κ2) is 5.93. The van der Waals surface area contributed by atoms with Crippen molar-refractivity contribution in [3.63, 3.8) is 0 Å². The van der Waals surface area contributed by atoms with Gasteiger partial charge in [0, 0.05) is 0 Å². The molecule has 0 fully saturated rings. The number of halogens is 1. The third-order valence-corrected chi connectivity index (χ3v) is 3.28. The summed E-state index contributed by atoms with van der Waals surface area (Å²) in [6.07, 6.45) is 2.94. The molecule has 0 spiro atoms. The highest BCUT2D eigenvalue weighted by Gasteiger charge is 2.13. The minimum atomic E-state index is -0.302. The molecule has 2 aromatic rings. The quantitative estimate of drug-likeness (QED) is 0.727. The van der Waals surface area contributed by atoms with E-state index in [1.807, 2.05) is 6.92 Å². The van der Waals surface area contributed by atoms with Crippen LogP contribution in [0, 0.1) is 0 Å². The highest BCUT2D eigenvalue weighted by atomic mass is 79.9. The summed E-state index contributed by atoms with van der Waals surface area (Å²) < 4.78 is 1.55. The number of hydrogen-bond acceptors (Lipinski definition) is 6. The van der Waals surface area contributed by atoms with Crippen LogP contribution in [0.3, 0.4) is 0 Å². The van der Waals surface area contributed by atoms with Crippen LogP contribution in [-0.4, -0.2) is 36.7 Å². The van der Waals surface area contributed by atoms with E-state index >= 15 is 0 Å². The lowest BCUT2D eigenvalue weighted by Gasteiger charge is -2.14. The summed E-state index contributed by atoms with van der Waals surface area (Å²) in [4.78, 5) is 15.9. The van der Waals surface area contributed by atoms with Crippen molar-refractivity contribution in [2.45, 2.75) is 19.5 Å². The highest BCUT2D eigenvalue weighted by molar-refractivity contribution is 9.10. The molecule has 0 saturated carbocycles. The molecule has 0 amide bonds. The fourth-order valence-electron chi connectivity index (χ4n) is 1.54. The number of aliphatic hydroxyl groups excluding tert-OH is 1. The molecular formula is C10H13BrN6O2. The molecule has 1 unspecified atom stereocenters. The number of aromatic nitrogens is 5. The van der Waals surface area contributed by atoms with Crippen LogP contribution in [0.2, 0.25) is 0 Å². The molecule has 0 bridgehead atoms. The molecule has 3 N–H and O–H groups in total. The minimum absolute atomic E-state index is 0.138. The molecule has 8 nitrogen and oxygen atoms in total. The average molecular weight is 329 g/mol. The van der Waals surface area contributed by atoms with Gasteiger partial charge in [-0.2, -0.15) is 10.2 Å². The molecule has 0 aliphatic heterocycles. The van der Waals surface area contributed by atoms with E-state index in [-0.39, 0.29) is 24.8 Å². The van der Waals surface area contributed by atoms with Gasteiger partial charge in [0.25, 0.3) is 5.56 Å². The van der Waals surface area contributed by atoms with Gasteiger partial charge >= 0.3 is 0 Å². The van der Waals surface area contributed by atoms with Gasteiger partial charge in [-0.25, -0.2) is 9.67 Å². The molecule has 2 aromatic heterocycles. The summed E-state index contributed by atoms with van der Waals surface area (Å²) >= 11 is 3.23. The number of nitrogens with one attached hydrogen (secondary N) is 2. The van der Waals surface area contributed by atoms with Gasteiger partial charge in [-0.15, -0.1) is 0 Å². The second-order valence-corrected chi connectivity index (χ2v) is 4.65. The average Bonchev–Trinajstić information content (AvgIpc) is 2.92. The van der Waals surface area contributed by atoms with Crippen LogP contribution in [0.4, 0.5) is 5.69 Å². The monoisotopic (exact) mass is 328 g/mol. The van der Waals surface area contributed by atoms with Gasteiger partial charge in [0.2, 0.25) is 0 Å². The van der Waals surface area contributed by atoms with Gasteiger partial charge < -0.3 is 10.4 Å². The van der Waals surface area contributed by atoms with Crippen molar-refractivity contribution in [2.75, 3.05) is 11.9 Å². The smallest absolute Gasteiger partial charge is 0.283 e. The Kier molecular flexibility index (Phi) is 4.27. The largest absolute Gasteiger partial charge is 0.394 e. The standard InChI is InChI=1S/C10H13BrN6O2/c1-6(9-12-5-13-16-9)15-7-4-14-17(2-3-18)10(19)8(7)11/h4-6,15,18H,2-3H2,1H3,(H,12,13,16). The molecule has 2 heterocycles. The number of H-pyrrole nitrogens is 1. The topological polar surface area (TPSA) is 109 Å². The molecule has 0 aliphatic rings. The number of aromatic amines is 1. The number of nitrogens with zero attached hydrogens (tertiary/aromatic N) is 4. The normalized spacial score (nSPS) is 12.4. The Balaban J connectivity index is 2.22.